The van der Waals surface area contributed by atoms with Gasteiger partial charge in [0.25, 0.3) is 0 Å². The molecule has 4 heteroatoms. The zero-order valence-corrected chi connectivity index (χ0v) is 5.56. The third kappa shape index (κ3) is 1.81. The molecule has 0 spiro atoms. The zero-order valence-electron chi connectivity index (χ0n) is 5.56. The smallest absolute Gasteiger partial charge is 0.116 e. The van der Waals surface area contributed by atoms with Gasteiger partial charge in [-0.1, -0.05) is 5.16 Å². The lowest BCUT2D eigenvalue weighted by Gasteiger charge is -1.87. The maximum absolute atomic E-state index is 4.45. The van der Waals surface area contributed by atoms with E-state index in [2.05, 4.69) is 20.0 Å². The molecule has 0 unspecified atom stereocenters. The molecule has 0 aromatic carbocycles. The summed E-state index contributed by atoms with van der Waals surface area (Å²) in [6, 6.07) is 1.74. The van der Waals surface area contributed by atoms with Crippen LogP contribution < -0.4 is 0 Å². The molecule has 0 N–H and O–H groups in total. The Kier molecular flexibility index (Phi) is 2.37. The highest BCUT2D eigenvalue weighted by atomic mass is 16.6. The fraction of sp³-hybridized carbons (Fsp3) is 0.167. The highest BCUT2D eigenvalue weighted by molar-refractivity contribution is 5.75. The van der Waals surface area contributed by atoms with Crippen LogP contribution in [0.1, 0.15) is 5.69 Å². The summed E-state index contributed by atoms with van der Waals surface area (Å²) in [5.74, 6) is 0. The van der Waals surface area contributed by atoms with E-state index in [4.69, 9.17) is 0 Å². The summed E-state index contributed by atoms with van der Waals surface area (Å²) in [5, 5.41) is 3.53. The van der Waals surface area contributed by atoms with Crippen LogP contribution in [0.3, 0.4) is 0 Å². The number of aromatic nitrogens is 2. The number of oxime groups is 1. The molecule has 4 nitrogen and oxygen atoms in total. The maximum Gasteiger partial charge on any atom is 0.116 e. The van der Waals surface area contributed by atoms with E-state index in [9.17, 15) is 0 Å². The average molecular weight is 137 g/mol. The lowest BCUT2D eigenvalue weighted by Crippen LogP contribution is -1.86. The van der Waals surface area contributed by atoms with Gasteiger partial charge in [-0.3, -0.25) is 0 Å². The fourth-order valence-electron chi connectivity index (χ4n) is 0.484. The highest BCUT2D eigenvalue weighted by Crippen LogP contribution is 1.84. The molecule has 0 saturated carbocycles. The molecule has 0 amide bonds. The van der Waals surface area contributed by atoms with Crippen LogP contribution >= 0.6 is 0 Å². The van der Waals surface area contributed by atoms with Gasteiger partial charge in [-0.25, -0.2) is 9.97 Å². The SMILES string of the molecule is CO/N=C/c1ccncn1. The number of nitrogens with zero attached hydrogens (tertiary/aromatic N) is 3. The van der Waals surface area contributed by atoms with Crippen molar-refractivity contribution >= 4 is 6.21 Å². The second kappa shape index (κ2) is 3.55. The Bertz CT molecular complexity index is 209. The number of hydrogen-bond acceptors (Lipinski definition) is 4. The van der Waals surface area contributed by atoms with Gasteiger partial charge in [0.1, 0.15) is 13.4 Å². The largest absolute Gasteiger partial charge is 0.399 e. The van der Waals surface area contributed by atoms with Gasteiger partial charge >= 0.3 is 0 Å². The molecular weight excluding hydrogens is 130 g/mol. The van der Waals surface area contributed by atoms with Crippen LogP contribution in [0.4, 0.5) is 0 Å². The van der Waals surface area contributed by atoms with Crippen LogP contribution in [0.25, 0.3) is 0 Å². The monoisotopic (exact) mass is 137 g/mol. The van der Waals surface area contributed by atoms with Crippen molar-refractivity contribution in [1.29, 1.82) is 0 Å². The summed E-state index contributed by atoms with van der Waals surface area (Å²) < 4.78 is 0. The van der Waals surface area contributed by atoms with E-state index in [1.165, 1.54) is 19.7 Å². The van der Waals surface area contributed by atoms with Gasteiger partial charge in [0.2, 0.25) is 0 Å². The molecule has 1 heterocycles. The first-order valence-corrected chi connectivity index (χ1v) is 2.76. The first-order chi connectivity index (χ1) is 4.93. The van der Waals surface area contributed by atoms with Crippen molar-refractivity contribution in [2.45, 2.75) is 0 Å². The average Bonchev–Trinajstić information content (AvgIpc) is 2.03. The van der Waals surface area contributed by atoms with E-state index < -0.39 is 0 Å². The summed E-state index contributed by atoms with van der Waals surface area (Å²) in [7, 11) is 1.48. The number of hydrogen-bond donors (Lipinski definition) is 0. The Morgan fingerprint density at radius 1 is 1.70 bits per heavy atom. The van der Waals surface area contributed by atoms with E-state index in [1.807, 2.05) is 0 Å². The summed E-state index contributed by atoms with van der Waals surface area (Å²) in [6.45, 7) is 0. The predicted molar refractivity (Wildman–Crippen MR) is 36.6 cm³/mol. The normalized spacial score (nSPS) is 10.1. The van der Waals surface area contributed by atoms with Crippen LogP contribution in [0.5, 0.6) is 0 Å². The minimum Gasteiger partial charge on any atom is -0.399 e. The van der Waals surface area contributed by atoms with Crippen LogP contribution in [0.2, 0.25) is 0 Å². The minimum atomic E-state index is 0.733. The zero-order chi connectivity index (χ0) is 7.23. The van der Waals surface area contributed by atoms with Crippen LogP contribution in [0, 0.1) is 0 Å². The Hall–Kier alpha value is -1.45. The number of rotatable bonds is 2. The molecular formula is C6H7N3O. The first kappa shape index (κ1) is 6.67. The van der Waals surface area contributed by atoms with Crippen molar-refractivity contribution in [3.63, 3.8) is 0 Å². The molecule has 0 aliphatic carbocycles. The van der Waals surface area contributed by atoms with Gasteiger partial charge in [-0.2, -0.15) is 0 Å². The second-order valence-electron chi connectivity index (χ2n) is 1.55. The van der Waals surface area contributed by atoms with Gasteiger partial charge in [0.15, 0.2) is 0 Å². The molecule has 0 fully saturated rings. The van der Waals surface area contributed by atoms with Crippen LogP contribution in [0.15, 0.2) is 23.7 Å². The van der Waals surface area contributed by atoms with Gasteiger partial charge in [-0.15, -0.1) is 0 Å². The van der Waals surface area contributed by atoms with Crippen LogP contribution in [-0.4, -0.2) is 23.3 Å². The van der Waals surface area contributed by atoms with Crippen molar-refractivity contribution in [3.8, 4) is 0 Å². The molecule has 0 aliphatic rings. The molecule has 0 saturated heterocycles. The Morgan fingerprint density at radius 3 is 3.20 bits per heavy atom. The molecule has 0 aliphatic heterocycles. The first-order valence-electron chi connectivity index (χ1n) is 2.76. The molecule has 1 aromatic rings. The Labute approximate surface area is 58.6 Å². The standard InChI is InChI=1S/C6H7N3O/c1-10-9-4-6-2-3-7-5-8-6/h2-5H,1H3/b9-4+. The van der Waals surface area contributed by atoms with Crippen molar-refractivity contribution in [2.24, 2.45) is 5.16 Å². The van der Waals surface area contributed by atoms with Crippen molar-refractivity contribution in [1.82, 2.24) is 9.97 Å². The summed E-state index contributed by atoms with van der Waals surface area (Å²) in [4.78, 5) is 12.1. The van der Waals surface area contributed by atoms with E-state index in [0.717, 1.165) is 5.69 Å². The third-order valence-corrected chi connectivity index (χ3v) is 0.895. The van der Waals surface area contributed by atoms with E-state index in [0.29, 0.717) is 0 Å². The van der Waals surface area contributed by atoms with Crippen molar-refractivity contribution < 1.29 is 4.84 Å². The summed E-state index contributed by atoms with van der Waals surface area (Å²) >= 11 is 0. The topological polar surface area (TPSA) is 47.4 Å². The van der Waals surface area contributed by atoms with E-state index in [-0.39, 0.29) is 0 Å². The highest BCUT2D eigenvalue weighted by Gasteiger charge is 1.83. The van der Waals surface area contributed by atoms with Crippen molar-refractivity contribution in [2.75, 3.05) is 7.11 Å². The Balaban J connectivity index is 2.67. The quantitative estimate of drug-likeness (QED) is 0.439. The maximum atomic E-state index is 4.45. The van der Waals surface area contributed by atoms with Crippen molar-refractivity contribution in [3.05, 3.63) is 24.3 Å². The lowest BCUT2D eigenvalue weighted by atomic mass is 10.4. The molecule has 0 bridgehead atoms. The molecule has 0 radical (unpaired) electrons. The Morgan fingerprint density at radius 2 is 2.60 bits per heavy atom. The lowest BCUT2D eigenvalue weighted by molar-refractivity contribution is 0.215. The minimum absolute atomic E-state index is 0.733. The summed E-state index contributed by atoms with van der Waals surface area (Å²) in [5.41, 5.74) is 0.733. The predicted octanol–water partition coefficient (Wildman–Crippen LogP) is 0.457. The molecule has 52 valence electrons. The van der Waals surface area contributed by atoms with Gasteiger partial charge in [0.05, 0.1) is 11.9 Å². The van der Waals surface area contributed by atoms with Gasteiger partial charge in [-0.05, 0) is 6.07 Å². The molecule has 0 atom stereocenters. The van der Waals surface area contributed by atoms with Gasteiger partial charge in [0, 0.05) is 6.20 Å². The van der Waals surface area contributed by atoms with E-state index in [1.54, 1.807) is 12.3 Å². The third-order valence-electron chi connectivity index (χ3n) is 0.895. The van der Waals surface area contributed by atoms with Gasteiger partial charge < -0.3 is 4.84 Å². The molecule has 1 aromatic heterocycles. The summed E-state index contributed by atoms with van der Waals surface area (Å²) in [6.07, 6.45) is 4.61. The van der Waals surface area contributed by atoms with E-state index >= 15 is 0 Å². The van der Waals surface area contributed by atoms with Crippen LogP contribution in [-0.2, 0) is 4.84 Å². The fourth-order valence-corrected chi connectivity index (χ4v) is 0.484. The second-order valence-corrected chi connectivity index (χ2v) is 1.55. The molecule has 10 heavy (non-hydrogen) atoms. The molecule has 1 rings (SSSR count).